The summed E-state index contributed by atoms with van der Waals surface area (Å²) in [4.78, 5) is 14.9. The summed E-state index contributed by atoms with van der Waals surface area (Å²) in [6.07, 6.45) is 7.36. The highest BCUT2D eigenvalue weighted by atomic mass is 32.2. The maximum absolute atomic E-state index is 12.5. The molecule has 8 heteroatoms. The van der Waals surface area contributed by atoms with Crippen LogP contribution in [-0.2, 0) is 14.8 Å². The highest BCUT2D eigenvalue weighted by molar-refractivity contribution is 7.91. The van der Waals surface area contributed by atoms with Gasteiger partial charge in [0.05, 0.1) is 0 Å². The van der Waals surface area contributed by atoms with E-state index in [0.29, 0.717) is 12.6 Å². The van der Waals surface area contributed by atoms with Crippen LogP contribution < -0.4 is 10.0 Å². The molecular formula is C19H33N3O3S2. The molecule has 0 saturated heterocycles. The van der Waals surface area contributed by atoms with Crippen LogP contribution in [0.1, 0.15) is 52.4 Å². The monoisotopic (exact) mass is 415 g/mol. The highest BCUT2D eigenvalue weighted by Gasteiger charge is 2.28. The van der Waals surface area contributed by atoms with Crippen LogP contribution in [0.15, 0.2) is 21.7 Å². The number of nitrogens with zero attached hydrogens (tertiary/aromatic N) is 1. The van der Waals surface area contributed by atoms with Crippen molar-refractivity contribution in [3.05, 3.63) is 17.5 Å². The quantitative estimate of drug-likeness (QED) is 0.576. The molecule has 1 aromatic heterocycles. The second-order valence-corrected chi connectivity index (χ2v) is 10.6. The lowest BCUT2D eigenvalue weighted by Crippen LogP contribution is -2.49. The smallest absolute Gasteiger partial charge is 0.250 e. The Morgan fingerprint density at radius 2 is 2.00 bits per heavy atom. The van der Waals surface area contributed by atoms with Gasteiger partial charge in [-0.05, 0) is 50.2 Å². The van der Waals surface area contributed by atoms with Gasteiger partial charge in [-0.3, -0.25) is 4.79 Å². The van der Waals surface area contributed by atoms with E-state index in [1.165, 1.54) is 32.1 Å². The second-order valence-electron chi connectivity index (χ2n) is 7.69. The van der Waals surface area contributed by atoms with Gasteiger partial charge in [-0.25, -0.2) is 8.42 Å². The number of carbonyl (C=O) groups is 1. The van der Waals surface area contributed by atoms with Crippen LogP contribution in [0.25, 0.3) is 0 Å². The van der Waals surface area contributed by atoms with E-state index >= 15 is 0 Å². The van der Waals surface area contributed by atoms with Crippen molar-refractivity contribution in [3.63, 3.8) is 0 Å². The zero-order valence-electron chi connectivity index (χ0n) is 16.6. The topological polar surface area (TPSA) is 78.5 Å². The summed E-state index contributed by atoms with van der Waals surface area (Å²) in [7, 11) is -1.51. The molecule has 2 N–H and O–H groups in total. The van der Waals surface area contributed by atoms with Crippen molar-refractivity contribution in [1.82, 2.24) is 14.9 Å². The van der Waals surface area contributed by atoms with E-state index in [2.05, 4.69) is 22.0 Å². The van der Waals surface area contributed by atoms with Crippen LogP contribution in [-0.4, -0.2) is 51.4 Å². The summed E-state index contributed by atoms with van der Waals surface area (Å²) in [5.74, 6) is -0.393. The largest absolute Gasteiger partial charge is 0.355 e. The van der Waals surface area contributed by atoms with Crippen LogP contribution in [0.2, 0.25) is 0 Å². The summed E-state index contributed by atoms with van der Waals surface area (Å²) in [5, 5.41) is 4.61. The average molecular weight is 416 g/mol. The second kappa shape index (κ2) is 10.5. The first-order valence-corrected chi connectivity index (χ1v) is 12.2. The molecule has 1 aliphatic rings. The van der Waals surface area contributed by atoms with E-state index in [1.54, 1.807) is 17.5 Å². The Labute approximate surface area is 167 Å². The van der Waals surface area contributed by atoms with E-state index in [-0.39, 0.29) is 16.0 Å². The maximum Gasteiger partial charge on any atom is 0.250 e. The predicted octanol–water partition coefficient (Wildman–Crippen LogP) is 2.82. The van der Waals surface area contributed by atoms with E-state index in [9.17, 15) is 13.2 Å². The van der Waals surface area contributed by atoms with Gasteiger partial charge in [-0.2, -0.15) is 4.72 Å². The first kappa shape index (κ1) is 22.3. The fourth-order valence-corrected chi connectivity index (χ4v) is 5.84. The fraction of sp³-hybridized carbons (Fsp3) is 0.737. The highest BCUT2D eigenvalue weighted by Crippen LogP contribution is 2.21. The van der Waals surface area contributed by atoms with Crippen LogP contribution >= 0.6 is 11.3 Å². The number of amides is 1. The van der Waals surface area contributed by atoms with Crippen LogP contribution in [0.4, 0.5) is 0 Å². The molecule has 1 fully saturated rings. The molecule has 6 nitrogen and oxygen atoms in total. The summed E-state index contributed by atoms with van der Waals surface area (Å²) in [6, 6.07) is 3.12. The Morgan fingerprint density at radius 3 is 2.59 bits per heavy atom. The van der Waals surface area contributed by atoms with Crippen LogP contribution in [0, 0.1) is 5.92 Å². The van der Waals surface area contributed by atoms with Gasteiger partial charge < -0.3 is 10.2 Å². The summed E-state index contributed by atoms with van der Waals surface area (Å²) >= 11 is 1.15. The maximum atomic E-state index is 12.5. The fourth-order valence-electron chi connectivity index (χ4n) is 3.49. The molecule has 1 atom stereocenters. The molecule has 0 bridgehead atoms. The number of carbonyl (C=O) groups excluding carboxylic acids is 1. The number of sulfonamides is 1. The minimum absolute atomic E-state index is 0.135. The Morgan fingerprint density at radius 1 is 1.30 bits per heavy atom. The van der Waals surface area contributed by atoms with E-state index in [1.807, 2.05) is 13.8 Å². The minimum atomic E-state index is -3.67. The Balaban J connectivity index is 1.79. The third-order valence-corrected chi connectivity index (χ3v) is 8.01. The van der Waals surface area contributed by atoms with Gasteiger partial charge >= 0.3 is 0 Å². The molecule has 2 rings (SSSR count). The van der Waals surface area contributed by atoms with Crippen molar-refractivity contribution in [2.75, 3.05) is 20.1 Å². The zero-order chi connectivity index (χ0) is 19.9. The lowest BCUT2D eigenvalue weighted by molar-refractivity contribution is -0.123. The number of nitrogens with one attached hydrogen (secondary N) is 2. The van der Waals surface area contributed by atoms with Crippen molar-refractivity contribution in [1.29, 1.82) is 0 Å². The first-order valence-electron chi connectivity index (χ1n) is 9.85. The first-order chi connectivity index (χ1) is 12.8. The number of thiophene rings is 1. The van der Waals surface area contributed by atoms with Crippen molar-refractivity contribution < 1.29 is 13.2 Å². The lowest BCUT2D eigenvalue weighted by atomic mass is 9.94. The van der Waals surface area contributed by atoms with Gasteiger partial charge in [-0.15, -0.1) is 11.3 Å². The number of hydrogen-bond donors (Lipinski definition) is 2. The van der Waals surface area contributed by atoms with Crippen molar-refractivity contribution in [2.24, 2.45) is 5.92 Å². The zero-order valence-corrected chi connectivity index (χ0v) is 18.2. The third-order valence-electron chi connectivity index (χ3n) is 5.18. The molecule has 0 aromatic carbocycles. The van der Waals surface area contributed by atoms with E-state index in [0.717, 1.165) is 24.3 Å². The summed E-state index contributed by atoms with van der Waals surface area (Å²) in [5.41, 5.74) is 0. The number of rotatable bonds is 10. The molecule has 27 heavy (non-hydrogen) atoms. The molecule has 0 spiro atoms. The van der Waals surface area contributed by atoms with Gasteiger partial charge in [0, 0.05) is 12.6 Å². The van der Waals surface area contributed by atoms with Gasteiger partial charge in [0.15, 0.2) is 0 Å². The normalized spacial score (nSPS) is 17.4. The molecule has 1 aliphatic carbocycles. The Bertz CT molecular complexity index is 668. The lowest BCUT2D eigenvalue weighted by Gasteiger charge is -2.31. The third kappa shape index (κ3) is 6.85. The van der Waals surface area contributed by atoms with Gasteiger partial charge in [-0.1, -0.05) is 39.2 Å². The van der Waals surface area contributed by atoms with E-state index in [4.69, 9.17) is 0 Å². The Kier molecular flexibility index (Phi) is 8.72. The molecule has 0 aliphatic heterocycles. The minimum Gasteiger partial charge on any atom is -0.355 e. The molecular weight excluding hydrogens is 382 g/mol. The molecule has 1 aromatic rings. The van der Waals surface area contributed by atoms with Gasteiger partial charge in [0.25, 0.3) is 10.0 Å². The molecule has 1 amide bonds. The number of hydrogen-bond acceptors (Lipinski definition) is 5. The molecule has 1 heterocycles. The standard InChI is InChI=1S/C19H33N3O3S2/c1-15(2)18(21-27(24,25)17-11-7-14-26-17)19(23)20-12-8-13-22(3)16-9-5-4-6-10-16/h7,11,14-16,18,21H,4-6,8-10,12-13H2,1-3H3,(H,20,23)/t18-/m0/s1. The summed E-state index contributed by atoms with van der Waals surface area (Å²) < 4.78 is 27.6. The van der Waals surface area contributed by atoms with E-state index < -0.39 is 16.1 Å². The predicted molar refractivity (Wildman–Crippen MR) is 110 cm³/mol. The average Bonchev–Trinajstić information content (AvgIpc) is 3.19. The van der Waals surface area contributed by atoms with Gasteiger partial charge in [0.1, 0.15) is 10.3 Å². The van der Waals surface area contributed by atoms with Crippen molar-refractivity contribution >= 4 is 27.3 Å². The molecule has 1 saturated carbocycles. The SMILES string of the molecule is CC(C)[C@H](NS(=O)(=O)c1cccs1)C(=O)NCCCN(C)C1CCCCC1. The molecule has 0 radical (unpaired) electrons. The van der Waals surface area contributed by atoms with Gasteiger partial charge in [0.2, 0.25) is 5.91 Å². The molecule has 0 unspecified atom stereocenters. The Hall–Kier alpha value is -0.960. The summed E-state index contributed by atoms with van der Waals surface area (Å²) in [6.45, 7) is 5.19. The van der Waals surface area contributed by atoms with Crippen molar-refractivity contribution in [2.45, 2.75) is 68.7 Å². The van der Waals surface area contributed by atoms with Crippen LogP contribution in [0.3, 0.4) is 0 Å². The van der Waals surface area contributed by atoms with Crippen LogP contribution in [0.5, 0.6) is 0 Å². The van der Waals surface area contributed by atoms with Crippen molar-refractivity contribution in [3.8, 4) is 0 Å². The molecule has 154 valence electrons.